The summed E-state index contributed by atoms with van der Waals surface area (Å²) in [6.07, 6.45) is 3.75. The molecule has 1 aromatic rings. The molecule has 0 unspecified atom stereocenters. The predicted molar refractivity (Wildman–Crippen MR) is 104 cm³/mol. The van der Waals surface area contributed by atoms with Crippen LogP contribution in [-0.4, -0.2) is 80.0 Å². The molecule has 0 radical (unpaired) electrons. The molecule has 2 aliphatic heterocycles. The standard InChI is InChI=1S/C19H32N4OS/c1-20-6-2-17-3-7-21(8-4-17)15-19(24)23-11-9-22(10-12-23)14-18-5-13-25-16-18/h5,13,16-17,20H,2-4,6-12,14-15H2,1H3. The van der Waals surface area contributed by atoms with Crippen molar-refractivity contribution in [3.8, 4) is 0 Å². The Morgan fingerprint density at radius 3 is 2.56 bits per heavy atom. The number of thiophene rings is 1. The molecular weight excluding hydrogens is 332 g/mol. The smallest absolute Gasteiger partial charge is 0.236 e. The molecule has 1 N–H and O–H groups in total. The molecule has 0 aromatic carbocycles. The number of piperazine rings is 1. The third-order valence-electron chi connectivity index (χ3n) is 5.58. The third-order valence-corrected chi connectivity index (χ3v) is 6.31. The van der Waals surface area contributed by atoms with Gasteiger partial charge < -0.3 is 10.2 Å². The molecule has 140 valence electrons. The van der Waals surface area contributed by atoms with Crippen LogP contribution >= 0.6 is 11.3 Å². The van der Waals surface area contributed by atoms with Crippen LogP contribution in [0.15, 0.2) is 16.8 Å². The highest BCUT2D eigenvalue weighted by Crippen LogP contribution is 2.20. The maximum Gasteiger partial charge on any atom is 0.236 e. The lowest BCUT2D eigenvalue weighted by molar-refractivity contribution is -0.134. The second-order valence-corrected chi connectivity index (χ2v) is 8.18. The molecule has 0 saturated carbocycles. The lowest BCUT2D eigenvalue weighted by Gasteiger charge is -2.37. The highest BCUT2D eigenvalue weighted by Gasteiger charge is 2.25. The maximum absolute atomic E-state index is 12.6. The van der Waals surface area contributed by atoms with Crippen molar-refractivity contribution < 1.29 is 4.79 Å². The zero-order valence-corrected chi connectivity index (χ0v) is 16.3. The van der Waals surface area contributed by atoms with Gasteiger partial charge in [0.05, 0.1) is 6.54 Å². The van der Waals surface area contributed by atoms with Crippen molar-refractivity contribution in [2.24, 2.45) is 5.92 Å². The topological polar surface area (TPSA) is 38.8 Å². The first-order valence-electron chi connectivity index (χ1n) is 9.63. The van der Waals surface area contributed by atoms with Crippen molar-refractivity contribution in [3.05, 3.63) is 22.4 Å². The van der Waals surface area contributed by atoms with E-state index in [2.05, 4.69) is 36.8 Å². The average Bonchev–Trinajstić information content (AvgIpc) is 3.15. The van der Waals surface area contributed by atoms with Crippen molar-refractivity contribution in [2.45, 2.75) is 25.8 Å². The second-order valence-electron chi connectivity index (χ2n) is 7.40. The summed E-state index contributed by atoms with van der Waals surface area (Å²) in [7, 11) is 2.02. The van der Waals surface area contributed by atoms with E-state index in [1.165, 1.54) is 24.8 Å². The number of hydrogen-bond donors (Lipinski definition) is 1. The first-order chi connectivity index (χ1) is 12.2. The molecule has 5 nitrogen and oxygen atoms in total. The molecule has 3 heterocycles. The van der Waals surface area contributed by atoms with Crippen LogP contribution in [0.4, 0.5) is 0 Å². The molecule has 1 amide bonds. The number of rotatable bonds is 7. The van der Waals surface area contributed by atoms with Gasteiger partial charge >= 0.3 is 0 Å². The van der Waals surface area contributed by atoms with Gasteiger partial charge in [-0.05, 0) is 74.3 Å². The molecule has 0 spiro atoms. The van der Waals surface area contributed by atoms with Crippen LogP contribution in [0.25, 0.3) is 0 Å². The second kappa shape index (κ2) is 9.67. The third kappa shape index (κ3) is 5.78. The Labute approximate surface area is 156 Å². The van der Waals surface area contributed by atoms with Crippen molar-refractivity contribution in [1.82, 2.24) is 20.0 Å². The highest BCUT2D eigenvalue weighted by atomic mass is 32.1. The number of nitrogens with zero attached hydrogens (tertiary/aromatic N) is 3. The number of carbonyl (C=O) groups excluding carboxylic acids is 1. The molecule has 0 bridgehead atoms. The largest absolute Gasteiger partial charge is 0.339 e. The summed E-state index contributed by atoms with van der Waals surface area (Å²) in [5.74, 6) is 1.16. The zero-order valence-electron chi connectivity index (χ0n) is 15.5. The summed E-state index contributed by atoms with van der Waals surface area (Å²) >= 11 is 1.76. The molecule has 25 heavy (non-hydrogen) atoms. The SMILES string of the molecule is CNCCC1CCN(CC(=O)N2CCN(Cc3ccsc3)CC2)CC1. The van der Waals surface area contributed by atoms with Crippen molar-refractivity contribution in [2.75, 3.05) is 59.4 Å². The Morgan fingerprint density at radius 2 is 1.92 bits per heavy atom. The van der Waals surface area contributed by atoms with E-state index in [1.54, 1.807) is 11.3 Å². The van der Waals surface area contributed by atoms with E-state index < -0.39 is 0 Å². The summed E-state index contributed by atoms with van der Waals surface area (Å²) in [5.41, 5.74) is 1.39. The van der Waals surface area contributed by atoms with Crippen molar-refractivity contribution in [3.63, 3.8) is 0 Å². The molecule has 2 aliphatic rings. The van der Waals surface area contributed by atoms with Crippen LogP contribution in [0.3, 0.4) is 0 Å². The number of piperidine rings is 1. The van der Waals surface area contributed by atoms with Crippen LogP contribution in [0.2, 0.25) is 0 Å². The fourth-order valence-corrected chi connectivity index (χ4v) is 4.53. The molecule has 0 atom stereocenters. The molecule has 2 fully saturated rings. The van der Waals surface area contributed by atoms with Gasteiger partial charge in [-0.3, -0.25) is 14.6 Å². The molecule has 0 aliphatic carbocycles. The molecule has 1 aromatic heterocycles. The lowest BCUT2D eigenvalue weighted by Crippen LogP contribution is -2.51. The van der Waals surface area contributed by atoms with Gasteiger partial charge in [-0.15, -0.1) is 0 Å². The van der Waals surface area contributed by atoms with Gasteiger partial charge in [0.2, 0.25) is 5.91 Å². The maximum atomic E-state index is 12.6. The zero-order chi connectivity index (χ0) is 17.5. The fourth-order valence-electron chi connectivity index (χ4n) is 3.87. The highest BCUT2D eigenvalue weighted by molar-refractivity contribution is 7.07. The van der Waals surface area contributed by atoms with Gasteiger partial charge in [0, 0.05) is 32.7 Å². The average molecular weight is 365 g/mol. The van der Waals surface area contributed by atoms with Crippen LogP contribution in [-0.2, 0) is 11.3 Å². The van der Waals surface area contributed by atoms with Gasteiger partial charge in [-0.1, -0.05) is 0 Å². The van der Waals surface area contributed by atoms with E-state index in [1.807, 2.05) is 7.05 Å². The van der Waals surface area contributed by atoms with Crippen LogP contribution < -0.4 is 5.32 Å². The Kier molecular flexibility index (Phi) is 7.28. The molecule has 6 heteroatoms. The number of amides is 1. The minimum Gasteiger partial charge on any atom is -0.339 e. The molecule has 3 rings (SSSR count). The lowest BCUT2D eigenvalue weighted by atomic mass is 9.93. The van der Waals surface area contributed by atoms with E-state index in [0.717, 1.165) is 58.3 Å². The summed E-state index contributed by atoms with van der Waals surface area (Å²) in [5, 5.41) is 7.60. The van der Waals surface area contributed by atoms with Crippen LogP contribution in [0, 0.1) is 5.92 Å². The van der Waals surface area contributed by atoms with E-state index in [9.17, 15) is 4.79 Å². The first-order valence-corrected chi connectivity index (χ1v) is 10.6. The minimum absolute atomic E-state index is 0.323. The van der Waals surface area contributed by atoms with E-state index >= 15 is 0 Å². The van der Waals surface area contributed by atoms with Gasteiger partial charge in [0.1, 0.15) is 0 Å². The van der Waals surface area contributed by atoms with Crippen molar-refractivity contribution in [1.29, 1.82) is 0 Å². The minimum atomic E-state index is 0.323. The predicted octanol–water partition coefficient (Wildman–Crippen LogP) is 1.71. The van der Waals surface area contributed by atoms with Gasteiger partial charge in [-0.2, -0.15) is 11.3 Å². The molecular formula is C19H32N4OS. The Balaban J connectivity index is 1.34. The summed E-state index contributed by atoms with van der Waals surface area (Å²) in [6.45, 7) is 8.65. The summed E-state index contributed by atoms with van der Waals surface area (Å²) in [6, 6.07) is 2.20. The van der Waals surface area contributed by atoms with Gasteiger partial charge in [0.25, 0.3) is 0 Å². The summed E-state index contributed by atoms with van der Waals surface area (Å²) < 4.78 is 0. The van der Waals surface area contributed by atoms with E-state index in [-0.39, 0.29) is 0 Å². The van der Waals surface area contributed by atoms with E-state index in [0.29, 0.717) is 12.5 Å². The first kappa shape index (κ1) is 18.8. The quantitative estimate of drug-likeness (QED) is 0.800. The Bertz CT molecular complexity index is 506. The normalized spacial score (nSPS) is 20.9. The van der Waals surface area contributed by atoms with Crippen LogP contribution in [0.5, 0.6) is 0 Å². The number of likely N-dealkylation sites (tertiary alicyclic amines) is 1. The fraction of sp³-hybridized carbons (Fsp3) is 0.737. The van der Waals surface area contributed by atoms with Gasteiger partial charge in [0.15, 0.2) is 0 Å². The monoisotopic (exact) mass is 364 g/mol. The van der Waals surface area contributed by atoms with Crippen molar-refractivity contribution >= 4 is 17.2 Å². The van der Waals surface area contributed by atoms with E-state index in [4.69, 9.17) is 0 Å². The summed E-state index contributed by atoms with van der Waals surface area (Å²) in [4.78, 5) is 19.5. The number of hydrogen-bond acceptors (Lipinski definition) is 5. The van der Waals surface area contributed by atoms with Crippen LogP contribution in [0.1, 0.15) is 24.8 Å². The van der Waals surface area contributed by atoms with Gasteiger partial charge in [-0.25, -0.2) is 0 Å². The Morgan fingerprint density at radius 1 is 1.16 bits per heavy atom. The Hall–Kier alpha value is -0.950. The molecule has 2 saturated heterocycles. The number of carbonyl (C=O) groups is 1. The number of nitrogens with one attached hydrogen (secondary N) is 1.